The van der Waals surface area contributed by atoms with Gasteiger partial charge >= 0.3 is 0 Å². The van der Waals surface area contributed by atoms with Gasteiger partial charge in [-0.1, -0.05) is 164 Å². The van der Waals surface area contributed by atoms with E-state index >= 15 is 0 Å². The first-order valence-electron chi connectivity index (χ1n) is 23.6. The van der Waals surface area contributed by atoms with Crippen molar-refractivity contribution in [2.45, 2.75) is 91.9 Å². The zero-order valence-electron chi connectivity index (χ0n) is 39.8. The third kappa shape index (κ3) is 6.61. The van der Waals surface area contributed by atoms with Crippen molar-refractivity contribution >= 4 is 57.2 Å². The fourth-order valence-electron chi connectivity index (χ4n) is 11.9. The maximum Gasteiger partial charge on any atom is 0.252 e. The number of anilines is 6. The zero-order chi connectivity index (χ0) is 45.2. The lowest BCUT2D eigenvalue weighted by atomic mass is 9.33. The smallest absolute Gasteiger partial charge is 0.252 e. The standard InChI is InChI=1S/C62H59BN2/c1-39-32-57-59-58(33-39)65(54-31-27-45(60(4,5)6)35-49(54)42-20-12-11-13-21-42)56-37-51-50(61(7,8)38-62(51,9)10)36-53(56)63(59)52-34-44(48-23-17-15-19-41(48)3)26-30-55(52)64(57)46-28-24-43(25-29-46)47-22-16-14-18-40(47)2/h11-37H,38H2,1-10H3. The molecule has 2 nitrogen and oxygen atoms in total. The molecule has 0 saturated carbocycles. The van der Waals surface area contributed by atoms with Gasteiger partial charge < -0.3 is 9.80 Å². The van der Waals surface area contributed by atoms with Crippen molar-refractivity contribution in [3.63, 3.8) is 0 Å². The first-order valence-corrected chi connectivity index (χ1v) is 23.6. The van der Waals surface area contributed by atoms with E-state index in [4.69, 9.17) is 0 Å². The summed E-state index contributed by atoms with van der Waals surface area (Å²) in [5.41, 5.74) is 27.1. The van der Waals surface area contributed by atoms with Gasteiger partial charge in [-0.2, -0.15) is 0 Å². The van der Waals surface area contributed by atoms with Crippen LogP contribution in [0, 0.1) is 20.8 Å². The fraction of sp³-hybridized carbons (Fsp3) is 0.226. The normalized spacial score (nSPS) is 15.3. The summed E-state index contributed by atoms with van der Waals surface area (Å²) in [6.07, 6.45) is 1.11. The molecular formula is C62H59BN2. The first-order chi connectivity index (χ1) is 31.1. The quantitative estimate of drug-likeness (QED) is 0.159. The summed E-state index contributed by atoms with van der Waals surface area (Å²) in [6.45, 7) is 23.5. The van der Waals surface area contributed by atoms with Crippen LogP contribution in [0.5, 0.6) is 0 Å². The summed E-state index contributed by atoms with van der Waals surface area (Å²) in [5.74, 6) is 0. The second-order valence-electron chi connectivity index (χ2n) is 21.5. The molecule has 3 aliphatic rings. The SMILES string of the molecule is Cc1cc2c3c(c1)N(c1ccc(C(C)(C)C)cc1-c1ccccc1)c1cc4c(cc1B3c1cc(-c3ccccc3C)ccc1N2c1ccc(-c2ccccc2C)cc1)C(C)(C)CC4(C)C. The van der Waals surface area contributed by atoms with Gasteiger partial charge in [0.05, 0.1) is 5.69 Å². The summed E-state index contributed by atoms with van der Waals surface area (Å²) >= 11 is 0. The van der Waals surface area contributed by atoms with E-state index < -0.39 is 0 Å². The van der Waals surface area contributed by atoms with Gasteiger partial charge in [0.2, 0.25) is 0 Å². The first kappa shape index (κ1) is 41.2. The van der Waals surface area contributed by atoms with Gasteiger partial charge in [-0.15, -0.1) is 0 Å². The summed E-state index contributed by atoms with van der Waals surface area (Å²) in [7, 11) is 0. The maximum atomic E-state index is 2.66. The van der Waals surface area contributed by atoms with Crippen molar-refractivity contribution in [3.05, 3.63) is 197 Å². The summed E-state index contributed by atoms with van der Waals surface area (Å²) in [5, 5.41) is 0. The van der Waals surface area contributed by atoms with E-state index in [0.29, 0.717) is 0 Å². The largest absolute Gasteiger partial charge is 0.311 e. The lowest BCUT2D eigenvalue weighted by Crippen LogP contribution is -2.61. The van der Waals surface area contributed by atoms with E-state index in [9.17, 15) is 0 Å². The number of aryl methyl sites for hydroxylation is 3. The molecule has 320 valence electrons. The number of benzene rings is 8. The average molecular weight is 843 g/mol. The molecule has 0 amide bonds. The van der Waals surface area contributed by atoms with Crippen LogP contribution >= 0.6 is 0 Å². The van der Waals surface area contributed by atoms with Crippen molar-refractivity contribution < 1.29 is 0 Å². The van der Waals surface area contributed by atoms with Gasteiger partial charge in [0, 0.05) is 34.0 Å². The van der Waals surface area contributed by atoms with Crippen LogP contribution in [0.15, 0.2) is 164 Å². The van der Waals surface area contributed by atoms with E-state index in [-0.39, 0.29) is 23.0 Å². The van der Waals surface area contributed by atoms with E-state index in [1.165, 1.54) is 112 Å². The Morgan fingerprint density at radius 2 is 0.985 bits per heavy atom. The van der Waals surface area contributed by atoms with Crippen molar-refractivity contribution in [1.82, 2.24) is 0 Å². The minimum absolute atomic E-state index is 0.00662. The monoisotopic (exact) mass is 842 g/mol. The Morgan fingerprint density at radius 3 is 1.63 bits per heavy atom. The average Bonchev–Trinajstić information content (AvgIpc) is 3.47. The highest BCUT2D eigenvalue weighted by molar-refractivity contribution is 7.00. The third-order valence-corrected chi connectivity index (χ3v) is 14.9. The van der Waals surface area contributed by atoms with Crippen LogP contribution in [0.3, 0.4) is 0 Å². The van der Waals surface area contributed by atoms with E-state index in [1.54, 1.807) is 0 Å². The molecule has 0 radical (unpaired) electrons. The highest BCUT2D eigenvalue weighted by Crippen LogP contribution is 2.53. The second-order valence-corrected chi connectivity index (χ2v) is 21.5. The number of hydrogen-bond acceptors (Lipinski definition) is 2. The molecule has 0 saturated heterocycles. The van der Waals surface area contributed by atoms with Gasteiger partial charge in [0.1, 0.15) is 0 Å². The van der Waals surface area contributed by atoms with Crippen LogP contribution in [-0.4, -0.2) is 6.71 Å². The molecule has 0 bridgehead atoms. The van der Waals surface area contributed by atoms with Gasteiger partial charge in [-0.3, -0.25) is 0 Å². The highest BCUT2D eigenvalue weighted by Gasteiger charge is 2.48. The van der Waals surface area contributed by atoms with Crippen molar-refractivity contribution in [1.29, 1.82) is 0 Å². The third-order valence-electron chi connectivity index (χ3n) is 14.9. The van der Waals surface area contributed by atoms with Crippen LogP contribution in [0.2, 0.25) is 0 Å². The van der Waals surface area contributed by atoms with E-state index in [1.807, 2.05) is 0 Å². The van der Waals surface area contributed by atoms with Crippen LogP contribution < -0.4 is 26.2 Å². The van der Waals surface area contributed by atoms with E-state index in [2.05, 4.69) is 243 Å². The van der Waals surface area contributed by atoms with Gasteiger partial charge in [-0.05, 0) is 170 Å². The second kappa shape index (κ2) is 14.7. The molecule has 0 N–H and O–H groups in total. The van der Waals surface area contributed by atoms with Crippen molar-refractivity contribution in [3.8, 4) is 33.4 Å². The molecule has 0 spiro atoms. The van der Waals surface area contributed by atoms with Crippen molar-refractivity contribution in [2.24, 2.45) is 0 Å². The molecule has 0 unspecified atom stereocenters. The molecule has 0 aromatic heterocycles. The summed E-state index contributed by atoms with van der Waals surface area (Å²) in [6, 6.07) is 62.6. The molecular weight excluding hydrogens is 784 g/mol. The molecule has 2 aliphatic heterocycles. The van der Waals surface area contributed by atoms with Gasteiger partial charge in [0.25, 0.3) is 6.71 Å². The number of fused-ring (bicyclic) bond motifs is 5. The number of nitrogens with zero attached hydrogens (tertiary/aromatic N) is 2. The molecule has 8 aromatic carbocycles. The Hall–Kier alpha value is -6.58. The lowest BCUT2D eigenvalue weighted by Gasteiger charge is -2.45. The molecule has 65 heavy (non-hydrogen) atoms. The van der Waals surface area contributed by atoms with Crippen LogP contribution in [-0.2, 0) is 16.2 Å². The van der Waals surface area contributed by atoms with E-state index in [0.717, 1.165) is 12.1 Å². The fourth-order valence-corrected chi connectivity index (χ4v) is 11.9. The molecule has 0 atom stereocenters. The predicted octanol–water partition coefficient (Wildman–Crippen LogP) is 15.0. The molecule has 8 aromatic rings. The molecule has 3 heteroatoms. The van der Waals surface area contributed by atoms with Crippen LogP contribution in [0.4, 0.5) is 34.1 Å². The Balaban J connectivity index is 1.24. The number of rotatable bonds is 5. The highest BCUT2D eigenvalue weighted by atomic mass is 15.2. The van der Waals surface area contributed by atoms with Gasteiger partial charge in [-0.25, -0.2) is 0 Å². The molecule has 0 fully saturated rings. The molecule has 1 aliphatic carbocycles. The maximum absolute atomic E-state index is 2.66. The lowest BCUT2D eigenvalue weighted by molar-refractivity contribution is 0.403. The predicted molar refractivity (Wildman–Crippen MR) is 280 cm³/mol. The Labute approximate surface area is 387 Å². The van der Waals surface area contributed by atoms with Crippen molar-refractivity contribution in [2.75, 3.05) is 9.80 Å². The zero-order valence-corrected chi connectivity index (χ0v) is 39.8. The minimum atomic E-state index is -0.0142. The summed E-state index contributed by atoms with van der Waals surface area (Å²) in [4.78, 5) is 5.22. The topological polar surface area (TPSA) is 6.48 Å². The van der Waals surface area contributed by atoms with Crippen LogP contribution in [0.25, 0.3) is 33.4 Å². The Kier molecular flexibility index (Phi) is 9.32. The minimum Gasteiger partial charge on any atom is -0.311 e. The Bertz CT molecular complexity index is 3200. The summed E-state index contributed by atoms with van der Waals surface area (Å²) < 4.78 is 0. The molecule has 11 rings (SSSR count). The Morgan fingerprint density at radius 1 is 0.446 bits per heavy atom. The van der Waals surface area contributed by atoms with Gasteiger partial charge in [0.15, 0.2) is 0 Å². The van der Waals surface area contributed by atoms with Crippen LogP contribution in [0.1, 0.15) is 88.3 Å². The molecule has 2 heterocycles. The number of hydrogen-bond donors (Lipinski definition) is 0.